The number of fused-ring (bicyclic) bond motifs is 3. The molecule has 3 fully saturated rings. The van der Waals surface area contributed by atoms with Crippen molar-refractivity contribution in [2.45, 2.75) is 82.1 Å². The Bertz CT molecular complexity index is 790. The second-order valence-corrected chi connectivity index (χ2v) is 9.64. The van der Waals surface area contributed by atoms with Crippen molar-refractivity contribution in [3.63, 3.8) is 0 Å². The highest BCUT2D eigenvalue weighted by molar-refractivity contribution is 5.98. The molecule has 0 aromatic carbocycles. The molecule has 4 aliphatic heterocycles. The first-order valence-electron chi connectivity index (χ1n) is 11.0. The van der Waals surface area contributed by atoms with E-state index in [0.29, 0.717) is 25.8 Å². The van der Waals surface area contributed by atoms with E-state index < -0.39 is 29.5 Å². The van der Waals surface area contributed by atoms with E-state index in [1.54, 1.807) is 0 Å². The Balaban J connectivity index is 1.67. The number of rotatable bonds is 1. The lowest BCUT2D eigenvalue weighted by molar-refractivity contribution is -0.268. The van der Waals surface area contributed by atoms with Crippen molar-refractivity contribution in [3.8, 4) is 0 Å². The van der Waals surface area contributed by atoms with Gasteiger partial charge in [-0.25, -0.2) is 0 Å². The van der Waals surface area contributed by atoms with Crippen LogP contribution in [-0.2, 0) is 14.3 Å². The third-order valence-electron chi connectivity index (χ3n) is 8.01. The highest BCUT2D eigenvalue weighted by Gasteiger charge is 2.60. The quantitative estimate of drug-likeness (QED) is 0.704. The molecule has 6 nitrogen and oxygen atoms in total. The Kier molecular flexibility index (Phi) is 4.63. The number of hydrogen-bond acceptors (Lipinski definition) is 6. The lowest BCUT2D eigenvalue weighted by Gasteiger charge is -2.49. The van der Waals surface area contributed by atoms with Crippen LogP contribution in [0.25, 0.3) is 0 Å². The third kappa shape index (κ3) is 2.91. The van der Waals surface area contributed by atoms with Gasteiger partial charge in [0.2, 0.25) is 0 Å². The van der Waals surface area contributed by atoms with Gasteiger partial charge in [0, 0.05) is 36.4 Å². The molecule has 2 N–H and O–H groups in total. The number of carbonyl (C=O) groups is 1. The number of aliphatic hydroxyl groups is 2. The average Bonchev–Trinajstić information content (AvgIpc) is 3.31. The summed E-state index contributed by atoms with van der Waals surface area (Å²) < 4.78 is 12.9. The van der Waals surface area contributed by atoms with Crippen molar-refractivity contribution >= 4 is 11.5 Å². The minimum atomic E-state index is -1.07. The molecule has 6 heteroatoms. The van der Waals surface area contributed by atoms with E-state index in [4.69, 9.17) is 14.5 Å². The predicted octanol–water partition coefficient (Wildman–Crippen LogP) is 2.33. The van der Waals surface area contributed by atoms with E-state index in [1.807, 2.05) is 13.0 Å². The summed E-state index contributed by atoms with van der Waals surface area (Å²) in [7, 11) is 0. The van der Waals surface area contributed by atoms with Gasteiger partial charge in [-0.05, 0) is 38.0 Å². The highest BCUT2D eigenvalue weighted by atomic mass is 16.7. The second kappa shape index (κ2) is 6.84. The number of Topliss-reactive ketones (excluding diaryl/α,β-unsaturated/α-hetero) is 1. The molecule has 0 aromatic rings. The summed E-state index contributed by atoms with van der Waals surface area (Å²) in [4.78, 5) is 18.2. The second-order valence-electron chi connectivity index (χ2n) is 9.64. The van der Waals surface area contributed by atoms with Crippen molar-refractivity contribution in [2.75, 3.05) is 6.54 Å². The van der Waals surface area contributed by atoms with Crippen LogP contribution in [-0.4, -0.2) is 58.5 Å². The van der Waals surface area contributed by atoms with Crippen molar-refractivity contribution in [3.05, 3.63) is 24.3 Å². The summed E-state index contributed by atoms with van der Waals surface area (Å²) in [5, 5.41) is 22.0. The van der Waals surface area contributed by atoms with Gasteiger partial charge in [-0.3, -0.25) is 9.79 Å². The molecular weight excluding hydrogens is 370 g/mol. The zero-order chi connectivity index (χ0) is 20.4. The zero-order valence-electron chi connectivity index (χ0n) is 17.0. The number of ether oxygens (including phenoxy) is 2. The Hall–Kier alpha value is -1.34. The van der Waals surface area contributed by atoms with Crippen LogP contribution < -0.4 is 0 Å². The summed E-state index contributed by atoms with van der Waals surface area (Å²) >= 11 is 0. The van der Waals surface area contributed by atoms with Crippen LogP contribution in [0.1, 0.15) is 51.9 Å². The van der Waals surface area contributed by atoms with E-state index in [1.165, 1.54) is 0 Å². The molecule has 29 heavy (non-hydrogen) atoms. The Morgan fingerprint density at radius 1 is 1.24 bits per heavy atom. The number of ketones is 1. The Morgan fingerprint density at radius 3 is 2.86 bits per heavy atom. The van der Waals surface area contributed by atoms with Gasteiger partial charge in [0.15, 0.2) is 11.6 Å². The lowest BCUT2D eigenvalue weighted by atomic mass is 9.59. The van der Waals surface area contributed by atoms with Crippen molar-refractivity contribution < 1.29 is 24.5 Å². The SMILES string of the molecule is C=CC1=C[C@H]2[C@@H]3O[C@]4(CC[C@H](O4)[C@@H](C)C[C@@H](O)C3=O)C[C@H](O)C3=NCC[C@@]32CC1. The van der Waals surface area contributed by atoms with Crippen LogP contribution in [0.3, 0.4) is 0 Å². The molecule has 1 aliphatic carbocycles. The number of hydrogen-bond donors (Lipinski definition) is 2. The fourth-order valence-electron chi connectivity index (χ4n) is 6.43. The minimum absolute atomic E-state index is 0.0486. The molecule has 5 rings (SSSR count). The maximum Gasteiger partial charge on any atom is 0.190 e. The predicted molar refractivity (Wildman–Crippen MR) is 107 cm³/mol. The van der Waals surface area contributed by atoms with Crippen LogP contribution in [0.5, 0.6) is 0 Å². The van der Waals surface area contributed by atoms with Gasteiger partial charge in [-0.2, -0.15) is 0 Å². The van der Waals surface area contributed by atoms with Crippen LogP contribution in [0.2, 0.25) is 0 Å². The van der Waals surface area contributed by atoms with Gasteiger partial charge in [0.05, 0.1) is 12.2 Å². The number of carbonyl (C=O) groups excluding carboxylic acids is 1. The summed E-state index contributed by atoms with van der Waals surface area (Å²) in [6.45, 7) is 6.59. The first-order valence-corrected chi connectivity index (χ1v) is 11.0. The number of aliphatic hydroxyl groups excluding tert-OH is 2. The summed E-state index contributed by atoms with van der Waals surface area (Å²) in [5.41, 5.74) is 1.49. The van der Waals surface area contributed by atoms with E-state index in [9.17, 15) is 15.0 Å². The van der Waals surface area contributed by atoms with Gasteiger partial charge >= 0.3 is 0 Å². The van der Waals surface area contributed by atoms with Crippen molar-refractivity contribution in [1.82, 2.24) is 0 Å². The molecule has 3 saturated heterocycles. The molecule has 0 radical (unpaired) electrons. The summed E-state index contributed by atoms with van der Waals surface area (Å²) in [6, 6.07) is 0. The van der Waals surface area contributed by atoms with Gasteiger partial charge in [-0.15, -0.1) is 0 Å². The van der Waals surface area contributed by atoms with Crippen molar-refractivity contribution in [2.24, 2.45) is 22.2 Å². The first-order chi connectivity index (χ1) is 13.9. The standard InChI is InChI=1S/C23H31NO5/c1-3-14-4-6-22-8-9-24-21(22)17(26)12-23-7-5-18(28-23)13(2)10-16(25)19(27)20(29-23)15(22)11-14/h3,11,13,15-18,20,25-26H,1,4-10,12H2,2H3/t13-,15-,16+,17-,18-,20-,22+,23+/m0/s1. The van der Waals surface area contributed by atoms with Gasteiger partial charge in [0.25, 0.3) is 0 Å². The van der Waals surface area contributed by atoms with Crippen LogP contribution in [0.15, 0.2) is 29.3 Å². The number of nitrogens with zero attached hydrogens (tertiary/aromatic N) is 1. The van der Waals surface area contributed by atoms with E-state index in [0.717, 1.165) is 37.0 Å². The molecular formula is C23H31NO5. The lowest BCUT2D eigenvalue weighted by Crippen LogP contribution is -2.58. The molecule has 5 aliphatic rings. The Labute approximate surface area is 171 Å². The van der Waals surface area contributed by atoms with Crippen LogP contribution in [0.4, 0.5) is 0 Å². The van der Waals surface area contributed by atoms with E-state index in [2.05, 4.69) is 12.7 Å². The topological polar surface area (TPSA) is 88.3 Å². The monoisotopic (exact) mass is 401 g/mol. The molecule has 0 aromatic heterocycles. The largest absolute Gasteiger partial charge is 0.387 e. The minimum Gasteiger partial charge on any atom is -0.387 e. The van der Waals surface area contributed by atoms with Crippen LogP contribution in [0, 0.1) is 17.3 Å². The fourth-order valence-corrected chi connectivity index (χ4v) is 6.43. The third-order valence-corrected chi connectivity index (χ3v) is 8.01. The van der Waals surface area contributed by atoms with E-state index in [-0.39, 0.29) is 23.7 Å². The number of allylic oxidation sites excluding steroid dienone is 2. The van der Waals surface area contributed by atoms with Gasteiger partial charge in [-0.1, -0.05) is 31.2 Å². The maximum absolute atomic E-state index is 13.5. The highest BCUT2D eigenvalue weighted by Crippen LogP contribution is 2.54. The normalized spacial score (nSPS) is 49.4. The molecule has 8 atom stereocenters. The average molecular weight is 402 g/mol. The molecule has 0 unspecified atom stereocenters. The summed E-state index contributed by atoms with van der Waals surface area (Å²) in [6.07, 6.45) is 5.79. The molecule has 3 bridgehead atoms. The molecule has 4 heterocycles. The maximum atomic E-state index is 13.5. The van der Waals surface area contributed by atoms with Gasteiger partial charge in [0.1, 0.15) is 12.2 Å². The Morgan fingerprint density at radius 2 is 2.07 bits per heavy atom. The van der Waals surface area contributed by atoms with Crippen LogP contribution >= 0.6 is 0 Å². The van der Waals surface area contributed by atoms with E-state index >= 15 is 0 Å². The van der Waals surface area contributed by atoms with Gasteiger partial charge < -0.3 is 19.7 Å². The first kappa shape index (κ1) is 19.6. The molecule has 0 saturated carbocycles. The molecule has 158 valence electrons. The number of aliphatic imine (C=N–C) groups is 1. The zero-order valence-corrected chi connectivity index (χ0v) is 17.0. The fraction of sp³-hybridized carbons (Fsp3) is 0.739. The molecule has 0 amide bonds. The summed E-state index contributed by atoms with van der Waals surface area (Å²) in [5.74, 6) is -1.50. The van der Waals surface area contributed by atoms with Crippen molar-refractivity contribution in [1.29, 1.82) is 0 Å². The smallest absolute Gasteiger partial charge is 0.190 e. The molecule has 2 spiro atoms.